The van der Waals surface area contributed by atoms with Crippen molar-refractivity contribution in [2.24, 2.45) is 0 Å². The SMILES string of the molecule is O=C(O)C1(O)CC(O)C(O)C(O)C1O. The molecule has 7 nitrogen and oxygen atoms in total. The Bertz CT molecular complexity index is 242. The maximum absolute atomic E-state index is 10.6. The van der Waals surface area contributed by atoms with E-state index in [1.807, 2.05) is 0 Å². The Morgan fingerprint density at radius 3 is 2.07 bits per heavy atom. The predicted octanol–water partition coefficient (Wildman–Crippen LogP) is -3.35. The molecule has 5 unspecified atom stereocenters. The summed E-state index contributed by atoms with van der Waals surface area (Å²) in [7, 11) is 0. The van der Waals surface area contributed by atoms with E-state index in [0.717, 1.165) is 0 Å². The molecule has 82 valence electrons. The standard InChI is InChI=1S/C7H12O7/c8-2-1-7(14,6(12)13)5(11)4(10)3(2)9/h2-5,8-11,14H,1H2,(H,12,13). The van der Waals surface area contributed by atoms with Crippen molar-refractivity contribution in [2.75, 3.05) is 0 Å². The molecule has 0 amide bonds. The minimum absolute atomic E-state index is 0.734. The van der Waals surface area contributed by atoms with Crippen molar-refractivity contribution in [2.45, 2.75) is 36.4 Å². The second-order valence-corrected chi connectivity index (χ2v) is 3.43. The fourth-order valence-corrected chi connectivity index (χ4v) is 1.47. The van der Waals surface area contributed by atoms with Gasteiger partial charge in [-0.05, 0) is 0 Å². The lowest BCUT2D eigenvalue weighted by Crippen LogP contribution is -2.65. The Morgan fingerprint density at radius 1 is 1.14 bits per heavy atom. The quantitative estimate of drug-likeness (QED) is 0.264. The normalized spacial score (nSPS) is 48.9. The number of aliphatic hydroxyl groups is 5. The summed E-state index contributed by atoms with van der Waals surface area (Å²) in [6.45, 7) is 0. The van der Waals surface area contributed by atoms with Crippen molar-refractivity contribution in [3.05, 3.63) is 0 Å². The van der Waals surface area contributed by atoms with Crippen LogP contribution in [0.5, 0.6) is 0 Å². The van der Waals surface area contributed by atoms with Crippen LogP contribution in [0.1, 0.15) is 6.42 Å². The van der Waals surface area contributed by atoms with Gasteiger partial charge < -0.3 is 30.6 Å². The lowest BCUT2D eigenvalue weighted by molar-refractivity contribution is -0.227. The molecule has 0 radical (unpaired) electrons. The molecular weight excluding hydrogens is 196 g/mol. The van der Waals surface area contributed by atoms with Crippen LogP contribution in [-0.4, -0.2) is 66.6 Å². The van der Waals surface area contributed by atoms with Gasteiger partial charge in [0.25, 0.3) is 0 Å². The van der Waals surface area contributed by atoms with Crippen LogP contribution in [0.3, 0.4) is 0 Å². The number of hydrogen-bond acceptors (Lipinski definition) is 6. The average molecular weight is 208 g/mol. The monoisotopic (exact) mass is 208 g/mol. The molecule has 1 rings (SSSR count). The molecule has 7 heteroatoms. The molecule has 0 spiro atoms. The zero-order valence-corrected chi connectivity index (χ0v) is 7.11. The van der Waals surface area contributed by atoms with Crippen molar-refractivity contribution in [3.8, 4) is 0 Å². The number of carboxylic acid groups (broad SMARTS) is 1. The fraction of sp³-hybridized carbons (Fsp3) is 0.857. The van der Waals surface area contributed by atoms with E-state index < -0.39 is 42.4 Å². The van der Waals surface area contributed by atoms with Gasteiger partial charge in [-0.1, -0.05) is 0 Å². The zero-order valence-electron chi connectivity index (χ0n) is 7.11. The van der Waals surface area contributed by atoms with Gasteiger partial charge in [-0.15, -0.1) is 0 Å². The van der Waals surface area contributed by atoms with E-state index in [9.17, 15) is 15.0 Å². The Balaban J connectivity index is 2.96. The van der Waals surface area contributed by atoms with E-state index in [-0.39, 0.29) is 0 Å². The van der Waals surface area contributed by atoms with E-state index in [1.165, 1.54) is 0 Å². The lowest BCUT2D eigenvalue weighted by atomic mass is 9.77. The molecule has 5 atom stereocenters. The topological polar surface area (TPSA) is 138 Å². The molecule has 1 aliphatic rings. The van der Waals surface area contributed by atoms with Gasteiger partial charge in [0.1, 0.15) is 18.3 Å². The maximum atomic E-state index is 10.6. The van der Waals surface area contributed by atoms with Crippen LogP contribution in [0, 0.1) is 0 Å². The summed E-state index contributed by atoms with van der Waals surface area (Å²) in [6.07, 6.45) is -7.90. The zero-order chi connectivity index (χ0) is 11.1. The molecule has 0 saturated heterocycles. The minimum atomic E-state index is -2.63. The average Bonchev–Trinajstić information content (AvgIpc) is 2.11. The Morgan fingerprint density at radius 2 is 1.64 bits per heavy atom. The Kier molecular flexibility index (Phi) is 2.79. The van der Waals surface area contributed by atoms with E-state index in [4.69, 9.17) is 20.4 Å². The molecule has 0 aromatic heterocycles. The third kappa shape index (κ3) is 1.49. The second-order valence-electron chi connectivity index (χ2n) is 3.43. The highest BCUT2D eigenvalue weighted by Crippen LogP contribution is 2.29. The van der Waals surface area contributed by atoms with Gasteiger partial charge in [0.05, 0.1) is 6.10 Å². The highest BCUT2D eigenvalue weighted by Gasteiger charge is 2.55. The smallest absolute Gasteiger partial charge is 0.338 e. The second kappa shape index (κ2) is 3.44. The fourth-order valence-electron chi connectivity index (χ4n) is 1.47. The van der Waals surface area contributed by atoms with Crippen LogP contribution >= 0.6 is 0 Å². The van der Waals surface area contributed by atoms with Crippen LogP contribution < -0.4 is 0 Å². The first-order chi connectivity index (χ1) is 6.30. The van der Waals surface area contributed by atoms with Crippen molar-refractivity contribution in [3.63, 3.8) is 0 Å². The predicted molar refractivity (Wildman–Crippen MR) is 41.2 cm³/mol. The molecule has 0 heterocycles. The molecule has 0 bridgehead atoms. The summed E-state index contributed by atoms with van der Waals surface area (Å²) in [6, 6.07) is 0. The molecule has 14 heavy (non-hydrogen) atoms. The highest BCUT2D eigenvalue weighted by atomic mass is 16.4. The van der Waals surface area contributed by atoms with Crippen LogP contribution in [0.15, 0.2) is 0 Å². The first-order valence-corrected chi connectivity index (χ1v) is 3.98. The number of carbonyl (C=O) groups is 1. The van der Waals surface area contributed by atoms with Crippen LogP contribution in [0.2, 0.25) is 0 Å². The van der Waals surface area contributed by atoms with E-state index >= 15 is 0 Å². The molecular formula is C7H12O7. The van der Waals surface area contributed by atoms with Crippen LogP contribution in [0.4, 0.5) is 0 Å². The van der Waals surface area contributed by atoms with E-state index in [2.05, 4.69) is 0 Å². The Hall–Kier alpha value is -0.730. The third-order valence-electron chi connectivity index (χ3n) is 2.45. The summed E-state index contributed by atoms with van der Waals surface area (Å²) in [4.78, 5) is 10.6. The lowest BCUT2D eigenvalue weighted by Gasteiger charge is -2.41. The van der Waals surface area contributed by atoms with Crippen molar-refractivity contribution >= 4 is 5.97 Å². The molecule has 6 N–H and O–H groups in total. The van der Waals surface area contributed by atoms with Crippen LogP contribution in [0.25, 0.3) is 0 Å². The van der Waals surface area contributed by atoms with Gasteiger partial charge in [0, 0.05) is 6.42 Å². The largest absolute Gasteiger partial charge is 0.479 e. The summed E-state index contributed by atoms with van der Waals surface area (Å²) in [5.74, 6) is -1.75. The summed E-state index contributed by atoms with van der Waals surface area (Å²) < 4.78 is 0. The molecule has 0 aromatic rings. The summed E-state index contributed by atoms with van der Waals surface area (Å²) >= 11 is 0. The van der Waals surface area contributed by atoms with Gasteiger partial charge >= 0.3 is 5.97 Å². The van der Waals surface area contributed by atoms with Gasteiger partial charge in [-0.2, -0.15) is 0 Å². The first-order valence-electron chi connectivity index (χ1n) is 3.98. The molecule has 0 aromatic carbocycles. The number of carboxylic acids is 1. The molecule has 1 aliphatic carbocycles. The van der Waals surface area contributed by atoms with Gasteiger partial charge in [0.2, 0.25) is 0 Å². The van der Waals surface area contributed by atoms with E-state index in [0.29, 0.717) is 0 Å². The number of aliphatic hydroxyl groups excluding tert-OH is 4. The molecule has 1 fully saturated rings. The van der Waals surface area contributed by atoms with Crippen LogP contribution in [-0.2, 0) is 4.79 Å². The Labute approximate surface area is 78.8 Å². The van der Waals surface area contributed by atoms with Gasteiger partial charge in [-0.3, -0.25) is 0 Å². The number of aliphatic carboxylic acids is 1. The van der Waals surface area contributed by atoms with Crippen molar-refractivity contribution in [1.29, 1.82) is 0 Å². The van der Waals surface area contributed by atoms with E-state index in [1.54, 1.807) is 0 Å². The molecule has 0 aliphatic heterocycles. The number of hydrogen-bond donors (Lipinski definition) is 6. The minimum Gasteiger partial charge on any atom is -0.479 e. The third-order valence-corrected chi connectivity index (χ3v) is 2.45. The van der Waals surface area contributed by atoms with Gasteiger partial charge in [0.15, 0.2) is 5.60 Å². The summed E-state index contributed by atoms with van der Waals surface area (Å²) in [5.41, 5.74) is -2.63. The maximum Gasteiger partial charge on any atom is 0.338 e. The van der Waals surface area contributed by atoms with Crippen molar-refractivity contribution < 1.29 is 35.4 Å². The first kappa shape index (κ1) is 11.3. The number of rotatable bonds is 1. The summed E-state index contributed by atoms with van der Waals surface area (Å²) in [5, 5.41) is 54.5. The molecule has 1 saturated carbocycles. The van der Waals surface area contributed by atoms with Gasteiger partial charge in [-0.25, -0.2) is 4.79 Å². The highest BCUT2D eigenvalue weighted by molar-refractivity contribution is 5.78. The van der Waals surface area contributed by atoms with Crippen molar-refractivity contribution in [1.82, 2.24) is 0 Å².